The van der Waals surface area contributed by atoms with Gasteiger partial charge in [0.25, 0.3) is 0 Å². The summed E-state index contributed by atoms with van der Waals surface area (Å²) in [5.74, 6) is 0.673. The lowest BCUT2D eigenvalue weighted by atomic mass is 10.0. The first-order valence-corrected chi connectivity index (χ1v) is 5.62. The van der Waals surface area contributed by atoms with Gasteiger partial charge in [0.2, 0.25) is 0 Å². The molecule has 1 fully saturated rings. The van der Waals surface area contributed by atoms with Crippen LogP contribution < -0.4 is 5.73 Å². The Hall–Kier alpha value is -0.930. The zero-order valence-corrected chi connectivity index (χ0v) is 9.26. The number of pyridine rings is 1. The molecule has 2 rings (SSSR count). The maximum absolute atomic E-state index is 5.92. The van der Waals surface area contributed by atoms with Gasteiger partial charge in [0.15, 0.2) is 0 Å². The molecule has 1 aromatic heterocycles. The van der Waals surface area contributed by atoms with Gasteiger partial charge in [-0.1, -0.05) is 0 Å². The van der Waals surface area contributed by atoms with E-state index in [-0.39, 0.29) is 0 Å². The van der Waals surface area contributed by atoms with E-state index < -0.39 is 0 Å². The molecule has 0 aromatic carbocycles. The van der Waals surface area contributed by atoms with E-state index in [1.807, 2.05) is 12.4 Å². The Morgan fingerprint density at radius 2 is 2.27 bits per heavy atom. The molecule has 82 valence electrons. The van der Waals surface area contributed by atoms with Crippen molar-refractivity contribution in [2.45, 2.75) is 25.9 Å². The molecule has 2 N–H and O–H groups in total. The van der Waals surface area contributed by atoms with Gasteiger partial charge >= 0.3 is 0 Å². The summed E-state index contributed by atoms with van der Waals surface area (Å²) in [5, 5.41) is 0. The molecule has 1 saturated heterocycles. The van der Waals surface area contributed by atoms with Crippen molar-refractivity contribution in [2.24, 2.45) is 11.7 Å². The van der Waals surface area contributed by atoms with Gasteiger partial charge in [-0.3, -0.25) is 9.88 Å². The lowest BCUT2D eigenvalue weighted by Crippen LogP contribution is -2.29. The maximum Gasteiger partial charge on any atom is 0.0271 e. The number of likely N-dealkylation sites (tertiary alicyclic amines) is 1. The SMILES string of the molecule is CC(N)C1CCN(Cc2ccncc2)C1. The topological polar surface area (TPSA) is 42.1 Å². The molecule has 3 nitrogen and oxygen atoms in total. The summed E-state index contributed by atoms with van der Waals surface area (Å²) < 4.78 is 0. The van der Waals surface area contributed by atoms with Crippen molar-refractivity contribution in [1.29, 1.82) is 0 Å². The van der Waals surface area contributed by atoms with Crippen LogP contribution in [0.15, 0.2) is 24.5 Å². The average Bonchev–Trinajstić information content (AvgIpc) is 2.68. The van der Waals surface area contributed by atoms with Gasteiger partial charge in [0.05, 0.1) is 0 Å². The molecule has 15 heavy (non-hydrogen) atoms. The third-order valence-electron chi connectivity index (χ3n) is 3.21. The van der Waals surface area contributed by atoms with E-state index in [0.717, 1.165) is 13.1 Å². The Morgan fingerprint density at radius 1 is 1.53 bits per heavy atom. The predicted octanol–water partition coefficient (Wildman–Crippen LogP) is 1.25. The highest BCUT2D eigenvalue weighted by atomic mass is 15.1. The minimum atomic E-state index is 0.326. The third kappa shape index (κ3) is 2.76. The van der Waals surface area contributed by atoms with E-state index in [1.54, 1.807) is 0 Å². The number of nitrogens with two attached hydrogens (primary N) is 1. The molecule has 1 aliphatic rings. The lowest BCUT2D eigenvalue weighted by Gasteiger charge is -2.17. The summed E-state index contributed by atoms with van der Waals surface area (Å²) in [6.07, 6.45) is 4.95. The zero-order valence-electron chi connectivity index (χ0n) is 9.26. The van der Waals surface area contributed by atoms with Crippen molar-refractivity contribution in [3.63, 3.8) is 0 Å². The standard InChI is InChI=1S/C12H19N3/c1-10(13)12-4-7-15(9-12)8-11-2-5-14-6-3-11/h2-3,5-6,10,12H,4,7-9,13H2,1H3. The number of nitrogens with zero attached hydrogens (tertiary/aromatic N) is 2. The Bertz CT molecular complexity index is 297. The second-order valence-electron chi connectivity index (χ2n) is 4.50. The van der Waals surface area contributed by atoms with Gasteiger partial charge in [0, 0.05) is 31.5 Å². The fraction of sp³-hybridized carbons (Fsp3) is 0.583. The lowest BCUT2D eigenvalue weighted by molar-refractivity contribution is 0.308. The first kappa shape index (κ1) is 10.6. The number of rotatable bonds is 3. The Labute approximate surface area is 91.3 Å². The Morgan fingerprint density at radius 3 is 2.87 bits per heavy atom. The van der Waals surface area contributed by atoms with Crippen LogP contribution in [0.4, 0.5) is 0 Å². The monoisotopic (exact) mass is 205 g/mol. The minimum absolute atomic E-state index is 0.326. The van der Waals surface area contributed by atoms with E-state index in [1.165, 1.54) is 18.5 Å². The molecule has 2 unspecified atom stereocenters. The smallest absolute Gasteiger partial charge is 0.0271 e. The molecule has 0 saturated carbocycles. The van der Waals surface area contributed by atoms with Gasteiger partial charge in [0.1, 0.15) is 0 Å². The van der Waals surface area contributed by atoms with E-state index in [0.29, 0.717) is 12.0 Å². The first-order chi connectivity index (χ1) is 7.25. The highest BCUT2D eigenvalue weighted by Crippen LogP contribution is 2.20. The van der Waals surface area contributed by atoms with Crippen LogP contribution in [0.1, 0.15) is 18.9 Å². The largest absolute Gasteiger partial charge is 0.328 e. The van der Waals surface area contributed by atoms with Gasteiger partial charge < -0.3 is 5.73 Å². The zero-order chi connectivity index (χ0) is 10.7. The summed E-state index contributed by atoms with van der Waals surface area (Å²) in [4.78, 5) is 6.50. The van der Waals surface area contributed by atoms with Crippen LogP contribution in [0.5, 0.6) is 0 Å². The molecule has 3 heteroatoms. The van der Waals surface area contributed by atoms with Crippen molar-refractivity contribution in [3.05, 3.63) is 30.1 Å². The predicted molar refractivity (Wildman–Crippen MR) is 61.3 cm³/mol. The van der Waals surface area contributed by atoms with Crippen LogP contribution >= 0.6 is 0 Å². The molecule has 2 atom stereocenters. The van der Waals surface area contributed by atoms with Crippen molar-refractivity contribution in [3.8, 4) is 0 Å². The minimum Gasteiger partial charge on any atom is -0.328 e. The molecule has 0 aliphatic carbocycles. The third-order valence-corrected chi connectivity index (χ3v) is 3.21. The van der Waals surface area contributed by atoms with E-state index >= 15 is 0 Å². The molecule has 0 radical (unpaired) electrons. The van der Waals surface area contributed by atoms with Crippen molar-refractivity contribution in [1.82, 2.24) is 9.88 Å². The number of hydrogen-bond donors (Lipinski definition) is 1. The van der Waals surface area contributed by atoms with Crippen LogP contribution in [0.25, 0.3) is 0 Å². The Kier molecular flexibility index (Phi) is 3.34. The second kappa shape index (κ2) is 4.73. The second-order valence-corrected chi connectivity index (χ2v) is 4.50. The molecular weight excluding hydrogens is 186 g/mol. The van der Waals surface area contributed by atoms with E-state index in [9.17, 15) is 0 Å². The molecule has 0 spiro atoms. The highest BCUT2D eigenvalue weighted by Gasteiger charge is 2.24. The highest BCUT2D eigenvalue weighted by molar-refractivity contribution is 5.09. The van der Waals surface area contributed by atoms with Crippen LogP contribution in [-0.2, 0) is 6.54 Å². The van der Waals surface area contributed by atoms with Crippen LogP contribution in [0.3, 0.4) is 0 Å². The summed E-state index contributed by atoms with van der Waals surface area (Å²) in [6, 6.07) is 4.49. The number of aromatic nitrogens is 1. The Balaban J connectivity index is 1.88. The van der Waals surface area contributed by atoms with Crippen LogP contribution in [-0.4, -0.2) is 29.0 Å². The van der Waals surface area contributed by atoms with Crippen LogP contribution in [0.2, 0.25) is 0 Å². The molecular formula is C12H19N3. The quantitative estimate of drug-likeness (QED) is 0.807. The normalized spacial score (nSPS) is 24.3. The van der Waals surface area contributed by atoms with Crippen molar-refractivity contribution in [2.75, 3.05) is 13.1 Å². The summed E-state index contributed by atoms with van der Waals surface area (Å²) in [5.41, 5.74) is 7.26. The van der Waals surface area contributed by atoms with Gasteiger partial charge in [-0.25, -0.2) is 0 Å². The van der Waals surface area contributed by atoms with Crippen LogP contribution in [0, 0.1) is 5.92 Å². The number of hydrogen-bond acceptors (Lipinski definition) is 3. The van der Waals surface area contributed by atoms with Gasteiger partial charge in [-0.05, 0) is 43.5 Å². The maximum atomic E-state index is 5.92. The summed E-state index contributed by atoms with van der Waals surface area (Å²) in [6.45, 7) is 5.46. The van der Waals surface area contributed by atoms with Gasteiger partial charge in [-0.15, -0.1) is 0 Å². The average molecular weight is 205 g/mol. The van der Waals surface area contributed by atoms with E-state index in [4.69, 9.17) is 5.73 Å². The molecule has 2 heterocycles. The van der Waals surface area contributed by atoms with Crippen molar-refractivity contribution >= 4 is 0 Å². The fourth-order valence-electron chi connectivity index (χ4n) is 2.18. The summed E-state index contributed by atoms with van der Waals surface area (Å²) >= 11 is 0. The fourth-order valence-corrected chi connectivity index (χ4v) is 2.18. The molecule has 0 bridgehead atoms. The van der Waals surface area contributed by atoms with E-state index in [2.05, 4.69) is 28.9 Å². The summed E-state index contributed by atoms with van der Waals surface area (Å²) in [7, 11) is 0. The first-order valence-electron chi connectivity index (χ1n) is 5.62. The molecule has 0 amide bonds. The molecule has 1 aromatic rings. The molecule has 1 aliphatic heterocycles. The van der Waals surface area contributed by atoms with Gasteiger partial charge in [-0.2, -0.15) is 0 Å². The van der Waals surface area contributed by atoms with Crippen molar-refractivity contribution < 1.29 is 0 Å².